The topological polar surface area (TPSA) is 84.3 Å². The molecule has 130 valence electrons. The van der Waals surface area contributed by atoms with Gasteiger partial charge in [0.1, 0.15) is 0 Å². The molecule has 1 aromatic carbocycles. The largest absolute Gasteiger partial charge is 0.336 e. The van der Waals surface area contributed by atoms with Crippen molar-refractivity contribution in [3.8, 4) is 0 Å². The number of thioether (sulfide) groups is 1. The first-order valence-electron chi connectivity index (χ1n) is 7.89. The van der Waals surface area contributed by atoms with Crippen LogP contribution in [0.15, 0.2) is 46.9 Å². The molecule has 2 aromatic rings. The van der Waals surface area contributed by atoms with E-state index in [9.17, 15) is 14.4 Å². The smallest absolute Gasteiger partial charge is 0.324 e. The molecule has 0 radical (unpaired) electrons. The van der Waals surface area contributed by atoms with Gasteiger partial charge in [0.25, 0.3) is 5.56 Å². The molecule has 7 nitrogen and oxygen atoms in total. The van der Waals surface area contributed by atoms with Crippen molar-refractivity contribution in [2.45, 2.75) is 23.9 Å². The van der Waals surface area contributed by atoms with Crippen LogP contribution in [0, 0.1) is 0 Å². The summed E-state index contributed by atoms with van der Waals surface area (Å²) in [6, 6.07) is 6.70. The zero-order valence-electron chi connectivity index (χ0n) is 13.8. The number of hydrogen-bond acceptors (Lipinski definition) is 5. The average molecular weight is 358 g/mol. The van der Waals surface area contributed by atoms with Gasteiger partial charge in [0.15, 0.2) is 5.16 Å². The minimum Gasteiger partial charge on any atom is -0.336 e. The summed E-state index contributed by atoms with van der Waals surface area (Å²) in [7, 11) is 0. The third-order valence-corrected chi connectivity index (χ3v) is 4.97. The van der Waals surface area contributed by atoms with Gasteiger partial charge in [0.05, 0.1) is 16.2 Å². The van der Waals surface area contributed by atoms with Crippen molar-refractivity contribution in [1.82, 2.24) is 19.8 Å². The third-order valence-electron chi connectivity index (χ3n) is 3.89. The van der Waals surface area contributed by atoms with Gasteiger partial charge in [-0.15, -0.1) is 6.58 Å². The van der Waals surface area contributed by atoms with Crippen LogP contribution in [0.25, 0.3) is 10.9 Å². The lowest BCUT2D eigenvalue weighted by molar-refractivity contribution is -0.126. The van der Waals surface area contributed by atoms with Crippen LogP contribution in [0.1, 0.15) is 6.92 Å². The molecular weight excluding hydrogens is 340 g/mol. The number of fused-ring (bicyclic) bond motifs is 1. The maximum atomic E-state index is 12.7. The van der Waals surface area contributed by atoms with E-state index in [4.69, 9.17) is 0 Å². The highest BCUT2D eigenvalue weighted by Crippen LogP contribution is 2.24. The molecule has 0 saturated carbocycles. The Kier molecular flexibility index (Phi) is 4.89. The Morgan fingerprint density at radius 3 is 2.88 bits per heavy atom. The van der Waals surface area contributed by atoms with Gasteiger partial charge in [-0.2, -0.15) is 0 Å². The number of para-hydroxylation sites is 1. The summed E-state index contributed by atoms with van der Waals surface area (Å²) < 4.78 is 1.49. The normalized spacial score (nSPS) is 15.2. The van der Waals surface area contributed by atoms with Crippen LogP contribution in [0.5, 0.6) is 0 Å². The van der Waals surface area contributed by atoms with Crippen LogP contribution < -0.4 is 10.9 Å². The van der Waals surface area contributed by atoms with Gasteiger partial charge in [-0.25, -0.2) is 9.78 Å². The van der Waals surface area contributed by atoms with Crippen molar-refractivity contribution in [3.05, 3.63) is 47.3 Å². The van der Waals surface area contributed by atoms with Crippen LogP contribution >= 0.6 is 11.8 Å². The maximum absolute atomic E-state index is 12.7. The summed E-state index contributed by atoms with van der Waals surface area (Å²) in [5.74, 6) is -0.299. The summed E-state index contributed by atoms with van der Waals surface area (Å²) in [6.07, 6.45) is 1.61. The molecule has 1 saturated heterocycles. The second kappa shape index (κ2) is 7.10. The highest BCUT2D eigenvalue weighted by atomic mass is 32.2. The van der Waals surface area contributed by atoms with E-state index in [1.807, 2.05) is 6.07 Å². The Morgan fingerprint density at radius 2 is 2.20 bits per heavy atom. The second-order valence-corrected chi connectivity index (χ2v) is 6.91. The van der Waals surface area contributed by atoms with Crippen LogP contribution in [-0.2, 0) is 11.3 Å². The Balaban J connectivity index is 1.95. The maximum Gasteiger partial charge on any atom is 0.324 e. The fourth-order valence-corrected chi connectivity index (χ4v) is 3.62. The molecule has 2 heterocycles. The quantitative estimate of drug-likeness (QED) is 0.499. The molecule has 0 aliphatic carbocycles. The Bertz CT molecular complexity index is 908. The number of hydrogen-bond donors (Lipinski definition) is 1. The average Bonchev–Trinajstić information content (AvgIpc) is 3.03. The highest BCUT2D eigenvalue weighted by Gasteiger charge is 2.31. The predicted molar refractivity (Wildman–Crippen MR) is 96.6 cm³/mol. The number of urea groups is 1. The number of nitrogens with one attached hydrogen (secondary N) is 1. The van der Waals surface area contributed by atoms with E-state index in [-0.39, 0.29) is 17.5 Å². The number of carbonyl (C=O) groups excluding carboxylic acids is 2. The standard InChI is InChI=1S/C17H18N4O3S/c1-3-9-21-15(23)12-6-4-5-7-13(12)19-17(21)25-11(2)14(22)20-10-8-18-16(20)24/h3-7,11H,1,8-10H2,2H3,(H,18,24)/t11-/m1/s1. The Morgan fingerprint density at radius 1 is 1.44 bits per heavy atom. The van der Waals surface area contributed by atoms with Crippen molar-refractivity contribution in [2.75, 3.05) is 13.1 Å². The van der Waals surface area contributed by atoms with Crippen LogP contribution in [0.3, 0.4) is 0 Å². The molecule has 8 heteroatoms. The van der Waals surface area contributed by atoms with Crippen LogP contribution in [0.4, 0.5) is 4.79 Å². The molecule has 0 spiro atoms. The van der Waals surface area contributed by atoms with E-state index in [1.165, 1.54) is 21.2 Å². The molecule has 3 rings (SSSR count). The van der Waals surface area contributed by atoms with Crippen molar-refractivity contribution in [3.63, 3.8) is 0 Å². The first-order valence-corrected chi connectivity index (χ1v) is 8.77. The molecule has 1 aromatic heterocycles. The SMILES string of the molecule is C=CCn1c(S[C@H](C)C(=O)N2CCNC2=O)nc2ccccc2c1=O. The zero-order chi connectivity index (χ0) is 18.0. The van der Waals surface area contributed by atoms with Crippen LogP contribution in [0.2, 0.25) is 0 Å². The summed E-state index contributed by atoms with van der Waals surface area (Å²) >= 11 is 1.17. The van der Waals surface area contributed by atoms with E-state index in [1.54, 1.807) is 31.2 Å². The number of imide groups is 1. The van der Waals surface area contributed by atoms with Gasteiger partial charge in [-0.3, -0.25) is 19.1 Å². The monoisotopic (exact) mass is 358 g/mol. The number of amides is 3. The molecule has 1 aliphatic heterocycles. The van der Waals surface area contributed by atoms with E-state index in [0.717, 1.165) is 0 Å². The summed E-state index contributed by atoms with van der Waals surface area (Å²) in [4.78, 5) is 42.6. The predicted octanol–water partition coefficient (Wildman–Crippen LogP) is 1.61. The summed E-state index contributed by atoms with van der Waals surface area (Å²) in [6.45, 7) is 6.49. The van der Waals surface area contributed by atoms with Crippen molar-refractivity contribution >= 4 is 34.6 Å². The van der Waals surface area contributed by atoms with E-state index < -0.39 is 5.25 Å². The van der Waals surface area contributed by atoms with E-state index in [0.29, 0.717) is 35.7 Å². The van der Waals surface area contributed by atoms with Gasteiger partial charge in [0, 0.05) is 19.6 Å². The highest BCUT2D eigenvalue weighted by molar-refractivity contribution is 8.00. The lowest BCUT2D eigenvalue weighted by Crippen LogP contribution is -2.39. The lowest BCUT2D eigenvalue weighted by Gasteiger charge is -2.18. The molecular formula is C17H18N4O3S. The van der Waals surface area contributed by atoms with Gasteiger partial charge in [0.2, 0.25) is 5.91 Å². The van der Waals surface area contributed by atoms with Gasteiger partial charge in [-0.1, -0.05) is 30.0 Å². The fraction of sp³-hybridized carbons (Fsp3) is 0.294. The minimum absolute atomic E-state index is 0.174. The molecule has 0 unspecified atom stereocenters. The molecule has 1 aliphatic rings. The first kappa shape index (κ1) is 17.2. The lowest BCUT2D eigenvalue weighted by atomic mass is 10.2. The third kappa shape index (κ3) is 3.30. The zero-order valence-corrected chi connectivity index (χ0v) is 14.6. The molecule has 1 atom stereocenters. The van der Waals surface area contributed by atoms with Gasteiger partial charge < -0.3 is 5.32 Å². The van der Waals surface area contributed by atoms with E-state index >= 15 is 0 Å². The second-order valence-electron chi connectivity index (χ2n) is 5.60. The van der Waals surface area contributed by atoms with Crippen molar-refractivity contribution in [1.29, 1.82) is 0 Å². The first-order chi connectivity index (χ1) is 12.0. The number of allylic oxidation sites excluding steroid dienone is 1. The number of nitrogens with zero attached hydrogens (tertiary/aromatic N) is 3. The molecule has 1 fully saturated rings. The fourth-order valence-electron chi connectivity index (χ4n) is 2.64. The van der Waals surface area contributed by atoms with Crippen molar-refractivity contribution < 1.29 is 9.59 Å². The Labute approximate surface area is 148 Å². The van der Waals surface area contributed by atoms with Gasteiger partial charge >= 0.3 is 6.03 Å². The number of rotatable bonds is 5. The van der Waals surface area contributed by atoms with Crippen molar-refractivity contribution in [2.24, 2.45) is 0 Å². The molecule has 0 bridgehead atoms. The summed E-state index contributed by atoms with van der Waals surface area (Å²) in [5.41, 5.74) is 0.403. The minimum atomic E-state index is -0.548. The molecule has 3 amide bonds. The Hall–Kier alpha value is -2.61. The number of aromatic nitrogens is 2. The molecule has 1 N–H and O–H groups in total. The van der Waals surface area contributed by atoms with E-state index in [2.05, 4.69) is 16.9 Å². The summed E-state index contributed by atoms with van der Waals surface area (Å²) in [5, 5.41) is 3.01. The number of carbonyl (C=O) groups is 2. The number of benzene rings is 1. The molecule has 25 heavy (non-hydrogen) atoms. The van der Waals surface area contributed by atoms with Crippen LogP contribution in [-0.4, -0.2) is 44.7 Å². The van der Waals surface area contributed by atoms with Gasteiger partial charge in [-0.05, 0) is 19.1 Å².